The summed E-state index contributed by atoms with van der Waals surface area (Å²) in [6.45, 7) is 5.66. The largest absolute Gasteiger partial charge is 0.359 e. The van der Waals surface area contributed by atoms with Gasteiger partial charge >= 0.3 is 0 Å². The molecule has 1 aromatic heterocycles. The highest BCUT2D eigenvalue weighted by molar-refractivity contribution is 8.93. The second-order valence-corrected chi connectivity index (χ2v) is 3.95. The Bertz CT molecular complexity index is 269. The molecule has 2 heterocycles. The highest BCUT2D eigenvalue weighted by atomic mass is 79.9. The maximum absolute atomic E-state index is 3.67. The Morgan fingerprint density at radius 1 is 1.35 bits per heavy atom. The number of rotatable bonds is 3. The van der Waals surface area contributed by atoms with Gasteiger partial charge in [-0.2, -0.15) is 0 Å². The molecular formula is C12H23BrN4. The van der Waals surface area contributed by atoms with Crippen LogP contribution in [0.3, 0.4) is 0 Å². The summed E-state index contributed by atoms with van der Waals surface area (Å²) in [6, 6.07) is 0. The second-order valence-electron chi connectivity index (χ2n) is 3.95. The Kier molecular flexibility index (Phi) is 8.58. The van der Waals surface area contributed by atoms with Crippen LogP contribution < -0.4 is 0 Å². The van der Waals surface area contributed by atoms with Crippen molar-refractivity contribution in [2.75, 3.05) is 13.6 Å². The molecule has 1 unspecified atom stereocenters. The lowest BCUT2D eigenvalue weighted by molar-refractivity contribution is 0.193. The molecule has 1 aromatic rings. The van der Waals surface area contributed by atoms with Crippen LogP contribution in [0, 0.1) is 0 Å². The van der Waals surface area contributed by atoms with E-state index >= 15 is 0 Å². The highest BCUT2D eigenvalue weighted by Crippen LogP contribution is 2.13. The molecule has 5 heteroatoms. The van der Waals surface area contributed by atoms with E-state index in [1.165, 1.54) is 19.4 Å². The van der Waals surface area contributed by atoms with E-state index in [9.17, 15) is 0 Å². The van der Waals surface area contributed by atoms with E-state index in [1.54, 1.807) is 18.7 Å². The average Bonchev–Trinajstić information content (AvgIpc) is 2.93. The Hall–Kier alpha value is -0.970. The molecule has 2 rings (SSSR count). The van der Waals surface area contributed by atoms with Crippen LogP contribution in [0.5, 0.6) is 0 Å². The Labute approximate surface area is 114 Å². The number of unbranched alkanes of at least 4 members (excludes halogenated alkanes) is 1. The van der Waals surface area contributed by atoms with Crippen molar-refractivity contribution in [1.29, 1.82) is 0 Å². The fourth-order valence-electron chi connectivity index (χ4n) is 1.49. The van der Waals surface area contributed by atoms with Gasteiger partial charge in [-0.3, -0.25) is 0 Å². The fourth-order valence-corrected chi connectivity index (χ4v) is 1.49. The molecule has 0 saturated heterocycles. The van der Waals surface area contributed by atoms with Crippen molar-refractivity contribution >= 4 is 17.0 Å². The van der Waals surface area contributed by atoms with E-state index < -0.39 is 0 Å². The summed E-state index contributed by atoms with van der Waals surface area (Å²) in [4.78, 5) is 11.0. The van der Waals surface area contributed by atoms with Crippen molar-refractivity contribution in [1.82, 2.24) is 19.8 Å². The lowest BCUT2D eigenvalue weighted by Crippen LogP contribution is -2.33. The monoisotopic (exact) mass is 302 g/mol. The summed E-state index contributed by atoms with van der Waals surface area (Å²) in [5, 5.41) is 0. The van der Waals surface area contributed by atoms with E-state index in [0.29, 0.717) is 6.17 Å². The molecule has 98 valence electrons. The van der Waals surface area contributed by atoms with Crippen LogP contribution in [0.2, 0.25) is 0 Å². The summed E-state index contributed by atoms with van der Waals surface area (Å²) in [7, 11) is 2.12. The number of hydrogen-bond acceptors (Lipinski definition) is 3. The Morgan fingerprint density at radius 2 is 2.12 bits per heavy atom. The molecule has 1 atom stereocenters. The third kappa shape index (κ3) is 5.77. The first kappa shape index (κ1) is 16.0. The third-order valence-corrected chi connectivity index (χ3v) is 2.74. The maximum atomic E-state index is 3.67. The van der Waals surface area contributed by atoms with Crippen molar-refractivity contribution in [3.8, 4) is 0 Å². The van der Waals surface area contributed by atoms with Crippen molar-refractivity contribution in [3.63, 3.8) is 0 Å². The molecule has 1 aliphatic heterocycles. The number of aromatic amines is 1. The maximum Gasteiger partial charge on any atom is 0.0974 e. The molecule has 4 nitrogen and oxygen atoms in total. The Morgan fingerprint density at radius 3 is 2.47 bits per heavy atom. The first-order valence-electron chi connectivity index (χ1n) is 5.84. The van der Waals surface area contributed by atoms with Gasteiger partial charge in [0.25, 0.3) is 0 Å². The third-order valence-electron chi connectivity index (χ3n) is 2.74. The van der Waals surface area contributed by atoms with Gasteiger partial charge < -0.3 is 14.8 Å². The lowest BCUT2D eigenvalue weighted by Gasteiger charge is -2.26. The molecule has 0 amide bonds. The number of H-pyrrole nitrogens is 1. The lowest BCUT2D eigenvalue weighted by atomic mass is 10.3. The normalized spacial score (nSPS) is 17.5. The fraction of sp³-hybridized carbons (Fsp3) is 0.583. The van der Waals surface area contributed by atoms with Gasteiger partial charge in [0, 0.05) is 38.4 Å². The van der Waals surface area contributed by atoms with E-state index in [0.717, 1.165) is 0 Å². The molecule has 0 saturated carbocycles. The number of nitrogens with zero attached hydrogens (tertiary/aromatic N) is 3. The van der Waals surface area contributed by atoms with Gasteiger partial charge in [0.15, 0.2) is 0 Å². The quantitative estimate of drug-likeness (QED) is 0.932. The van der Waals surface area contributed by atoms with Crippen LogP contribution in [0.1, 0.15) is 26.7 Å². The smallest absolute Gasteiger partial charge is 0.0974 e. The SMILES string of the molecule is Br.CCCCN1C=CN(C)C1C.c1c[nH]cn1. The number of halogens is 1. The van der Waals surface area contributed by atoms with Gasteiger partial charge in [-0.15, -0.1) is 17.0 Å². The van der Waals surface area contributed by atoms with Crippen LogP contribution in [0.4, 0.5) is 0 Å². The Balaban J connectivity index is 0.000000360. The summed E-state index contributed by atoms with van der Waals surface area (Å²) in [5.74, 6) is 0. The summed E-state index contributed by atoms with van der Waals surface area (Å²) >= 11 is 0. The van der Waals surface area contributed by atoms with E-state index in [4.69, 9.17) is 0 Å². The minimum Gasteiger partial charge on any atom is -0.359 e. The summed E-state index contributed by atoms with van der Waals surface area (Å²) in [5.41, 5.74) is 0. The minimum atomic E-state index is 0. The zero-order valence-electron chi connectivity index (χ0n) is 10.8. The van der Waals surface area contributed by atoms with Gasteiger partial charge in [-0.05, 0) is 13.3 Å². The number of hydrogen-bond donors (Lipinski definition) is 1. The zero-order valence-corrected chi connectivity index (χ0v) is 12.5. The van der Waals surface area contributed by atoms with E-state index in [-0.39, 0.29) is 17.0 Å². The molecule has 0 aliphatic carbocycles. The van der Waals surface area contributed by atoms with Crippen molar-refractivity contribution < 1.29 is 0 Å². The first-order valence-corrected chi connectivity index (χ1v) is 5.84. The molecule has 0 bridgehead atoms. The molecule has 1 N–H and O–H groups in total. The van der Waals surface area contributed by atoms with Crippen LogP contribution in [0.15, 0.2) is 31.1 Å². The van der Waals surface area contributed by atoms with E-state index in [1.807, 2.05) is 0 Å². The van der Waals surface area contributed by atoms with Crippen molar-refractivity contribution in [3.05, 3.63) is 31.1 Å². The van der Waals surface area contributed by atoms with Gasteiger partial charge in [0.1, 0.15) is 0 Å². The van der Waals surface area contributed by atoms with Crippen LogP contribution in [-0.4, -0.2) is 39.5 Å². The van der Waals surface area contributed by atoms with Crippen LogP contribution in [0.25, 0.3) is 0 Å². The summed E-state index contributed by atoms with van der Waals surface area (Å²) in [6.07, 6.45) is 12.5. The van der Waals surface area contributed by atoms with E-state index in [2.05, 4.69) is 53.1 Å². The molecule has 0 aromatic carbocycles. The first-order chi connectivity index (χ1) is 7.75. The number of aromatic nitrogens is 2. The zero-order chi connectivity index (χ0) is 11.8. The predicted octanol–water partition coefficient (Wildman–Crippen LogP) is 2.84. The van der Waals surface area contributed by atoms with Gasteiger partial charge in [0.05, 0.1) is 12.5 Å². The van der Waals surface area contributed by atoms with Gasteiger partial charge in [-0.1, -0.05) is 13.3 Å². The van der Waals surface area contributed by atoms with Crippen molar-refractivity contribution in [2.45, 2.75) is 32.9 Å². The molecule has 17 heavy (non-hydrogen) atoms. The molecular weight excluding hydrogens is 280 g/mol. The summed E-state index contributed by atoms with van der Waals surface area (Å²) < 4.78 is 0. The van der Waals surface area contributed by atoms with Gasteiger partial charge in [0.2, 0.25) is 0 Å². The van der Waals surface area contributed by atoms with Crippen molar-refractivity contribution in [2.24, 2.45) is 0 Å². The standard InChI is InChI=1S/C9H18N2.C3H4N2.BrH/c1-4-5-6-11-8-7-10(3)9(11)2;1-2-5-3-4-1;/h7-9H,4-6H2,1-3H3;1-3H,(H,4,5);1H. The number of imidazole rings is 1. The minimum absolute atomic E-state index is 0. The van der Waals surface area contributed by atoms with Crippen LogP contribution >= 0.6 is 17.0 Å². The predicted molar refractivity (Wildman–Crippen MR) is 76.9 cm³/mol. The molecule has 0 radical (unpaired) electrons. The number of nitrogens with one attached hydrogen (secondary N) is 1. The highest BCUT2D eigenvalue weighted by Gasteiger charge is 2.16. The molecule has 0 fully saturated rings. The molecule has 1 aliphatic rings. The average molecular weight is 303 g/mol. The topological polar surface area (TPSA) is 35.2 Å². The van der Waals surface area contributed by atoms with Crippen LogP contribution in [-0.2, 0) is 0 Å². The molecule has 0 spiro atoms. The van der Waals surface area contributed by atoms with Gasteiger partial charge in [-0.25, -0.2) is 4.98 Å². The second kappa shape index (κ2) is 9.10.